The summed E-state index contributed by atoms with van der Waals surface area (Å²) in [5.41, 5.74) is 3.97. The van der Waals surface area contributed by atoms with Crippen molar-refractivity contribution in [3.63, 3.8) is 0 Å². The second-order valence-electron chi connectivity index (χ2n) is 10.1. The maximum atomic E-state index is 12.0. The summed E-state index contributed by atoms with van der Waals surface area (Å²) in [5, 5.41) is 21.5. The van der Waals surface area contributed by atoms with Gasteiger partial charge < -0.3 is 14.9 Å². The normalized spacial score (nSPS) is 24.0. The third kappa shape index (κ3) is 2.99. The number of carbonyl (C=O) groups is 1. The molecule has 2 aromatic rings. The lowest BCUT2D eigenvalue weighted by Crippen LogP contribution is -2.59. The molecule has 3 heterocycles. The fraction of sp³-hybridized carbons (Fsp3) is 0.423. The van der Waals surface area contributed by atoms with Crippen LogP contribution in [0.15, 0.2) is 30.9 Å². The zero-order chi connectivity index (χ0) is 22.9. The van der Waals surface area contributed by atoms with Crippen molar-refractivity contribution in [3.8, 4) is 22.9 Å². The van der Waals surface area contributed by atoms with Gasteiger partial charge in [-0.1, -0.05) is 24.2 Å². The minimum atomic E-state index is -0.0280. The number of aromatic hydroxyl groups is 1. The van der Waals surface area contributed by atoms with E-state index in [4.69, 9.17) is 16.6 Å². The molecule has 0 radical (unpaired) electrons. The number of amides is 1. The maximum absolute atomic E-state index is 12.0. The van der Waals surface area contributed by atoms with E-state index in [1.165, 1.54) is 6.08 Å². The first-order chi connectivity index (χ1) is 15.9. The van der Waals surface area contributed by atoms with Crippen LogP contribution in [0.25, 0.3) is 11.1 Å². The van der Waals surface area contributed by atoms with E-state index in [1.807, 2.05) is 4.90 Å². The molecule has 1 N–H and O–H groups in total. The molecule has 2 aliphatic heterocycles. The van der Waals surface area contributed by atoms with Gasteiger partial charge in [-0.2, -0.15) is 5.26 Å². The highest BCUT2D eigenvalue weighted by Gasteiger charge is 2.50. The van der Waals surface area contributed by atoms with Gasteiger partial charge in [0.25, 0.3) is 0 Å². The number of pyridine rings is 1. The van der Waals surface area contributed by atoms with Gasteiger partial charge >= 0.3 is 0 Å². The maximum Gasteiger partial charge on any atom is 0.245 e. The van der Waals surface area contributed by atoms with Gasteiger partial charge in [0.1, 0.15) is 23.2 Å². The minimum Gasteiger partial charge on any atom is -0.507 e. The molecular formula is C26H25ClN4O2. The molecule has 33 heavy (non-hydrogen) atoms. The summed E-state index contributed by atoms with van der Waals surface area (Å²) in [7, 11) is 0. The molecule has 168 valence electrons. The van der Waals surface area contributed by atoms with Crippen LogP contribution in [-0.2, 0) is 11.2 Å². The predicted octanol–water partition coefficient (Wildman–Crippen LogP) is 4.25. The Morgan fingerprint density at radius 2 is 2.09 bits per heavy atom. The zero-order valence-corrected chi connectivity index (χ0v) is 19.1. The van der Waals surface area contributed by atoms with Crippen molar-refractivity contribution in [1.82, 2.24) is 9.88 Å². The molecule has 7 rings (SSSR count). The van der Waals surface area contributed by atoms with E-state index in [0.717, 1.165) is 55.6 Å². The minimum absolute atomic E-state index is 0.0280. The molecule has 1 amide bonds. The van der Waals surface area contributed by atoms with E-state index in [-0.39, 0.29) is 17.1 Å². The molecule has 6 nitrogen and oxygen atoms in total. The summed E-state index contributed by atoms with van der Waals surface area (Å²) in [5.74, 6) is 1.78. The SMILES string of the molecule is C=CC(=O)N1CC2(CCN(c3nc4c(c(-c5c(O)cccc5Cl)c3C#N)CC3CC4C3)C2)C1. The average molecular weight is 461 g/mol. The number of phenolic OH excluding ortho intramolecular Hbond substituents is 1. The Balaban J connectivity index is 1.45. The highest BCUT2D eigenvalue weighted by atomic mass is 35.5. The lowest BCUT2D eigenvalue weighted by molar-refractivity contribution is -0.136. The van der Waals surface area contributed by atoms with Crippen LogP contribution >= 0.6 is 11.6 Å². The summed E-state index contributed by atoms with van der Waals surface area (Å²) in [4.78, 5) is 21.1. The first kappa shape index (κ1) is 20.6. The number of halogens is 1. The van der Waals surface area contributed by atoms with E-state index in [1.54, 1.807) is 18.2 Å². The van der Waals surface area contributed by atoms with Gasteiger partial charge in [-0.3, -0.25) is 4.79 Å². The third-order valence-corrected chi connectivity index (χ3v) is 8.37. The number of nitriles is 1. The van der Waals surface area contributed by atoms with Gasteiger partial charge in [-0.15, -0.1) is 0 Å². The molecule has 1 saturated carbocycles. The summed E-state index contributed by atoms with van der Waals surface area (Å²) >= 11 is 6.58. The van der Waals surface area contributed by atoms with Gasteiger partial charge in [-0.05, 0) is 55.4 Å². The van der Waals surface area contributed by atoms with Crippen molar-refractivity contribution in [2.24, 2.45) is 11.3 Å². The van der Waals surface area contributed by atoms with Crippen LogP contribution in [-0.4, -0.2) is 47.1 Å². The van der Waals surface area contributed by atoms with E-state index in [0.29, 0.717) is 46.9 Å². The molecule has 5 aliphatic rings. The number of aromatic nitrogens is 1. The lowest BCUT2D eigenvalue weighted by atomic mass is 9.63. The van der Waals surface area contributed by atoms with Gasteiger partial charge in [0.15, 0.2) is 0 Å². The Kier molecular flexibility index (Phi) is 4.50. The molecule has 2 bridgehead atoms. The summed E-state index contributed by atoms with van der Waals surface area (Å²) in [6, 6.07) is 7.53. The number of anilines is 1. The number of phenols is 1. The van der Waals surface area contributed by atoms with Crippen LogP contribution in [0.4, 0.5) is 5.82 Å². The van der Waals surface area contributed by atoms with Gasteiger partial charge in [0, 0.05) is 54.3 Å². The standard InChI is InChI=1S/C26H25ClN4O2/c1-2-21(33)31-13-26(14-31)6-7-30(12-26)25-18(11-28)22(23-19(27)4-3-5-20(23)32)17-10-15-8-16(9-15)24(17)29-25/h2-5,15-16,32H,1,6-10,12-14H2. The average Bonchev–Trinajstić information content (AvgIpc) is 3.21. The second-order valence-corrected chi connectivity index (χ2v) is 10.5. The Hall–Kier alpha value is -3.04. The molecule has 2 saturated heterocycles. The van der Waals surface area contributed by atoms with E-state index in [2.05, 4.69) is 17.5 Å². The van der Waals surface area contributed by atoms with Crippen molar-refractivity contribution in [3.05, 3.63) is 52.7 Å². The van der Waals surface area contributed by atoms with E-state index in [9.17, 15) is 15.2 Å². The van der Waals surface area contributed by atoms with Crippen molar-refractivity contribution in [2.75, 3.05) is 31.1 Å². The number of likely N-dealkylation sites (tertiary alicyclic amines) is 1. The fourth-order valence-corrected chi connectivity index (χ4v) is 6.64. The molecule has 1 spiro atoms. The third-order valence-electron chi connectivity index (χ3n) is 8.06. The van der Waals surface area contributed by atoms with Crippen molar-refractivity contribution < 1.29 is 9.90 Å². The number of carbonyl (C=O) groups excluding carboxylic acids is 1. The Morgan fingerprint density at radius 3 is 2.79 bits per heavy atom. The van der Waals surface area contributed by atoms with Crippen LogP contribution in [0.2, 0.25) is 5.02 Å². The zero-order valence-electron chi connectivity index (χ0n) is 18.4. The molecule has 1 aromatic heterocycles. The second kappa shape index (κ2) is 7.23. The van der Waals surface area contributed by atoms with Gasteiger partial charge in [0.05, 0.1) is 5.02 Å². The van der Waals surface area contributed by atoms with Crippen LogP contribution in [0.5, 0.6) is 5.75 Å². The number of nitrogens with zero attached hydrogens (tertiary/aromatic N) is 4. The largest absolute Gasteiger partial charge is 0.507 e. The van der Waals surface area contributed by atoms with Crippen molar-refractivity contribution in [1.29, 1.82) is 5.26 Å². The van der Waals surface area contributed by atoms with Crippen LogP contribution < -0.4 is 4.90 Å². The first-order valence-electron chi connectivity index (χ1n) is 11.5. The summed E-state index contributed by atoms with van der Waals surface area (Å²) in [6.07, 6.45) is 5.47. The summed E-state index contributed by atoms with van der Waals surface area (Å²) < 4.78 is 0. The first-order valence-corrected chi connectivity index (χ1v) is 11.9. The quantitative estimate of drug-likeness (QED) is 0.692. The molecule has 0 atom stereocenters. The number of hydrogen-bond donors (Lipinski definition) is 1. The van der Waals surface area contributed by atoms with Crippen LogP contribution in [0.1, 0.15) is 42.0 Å². The highest BCUT2D eigenvalue weighted by molar-refractivity contribution is 6.34. The molecule has 7 heteroatoms. The van der Waals surface area contributed by atoms with Crippen molar-refractivity contribution in [2.45, 2.75) is 31.6 Å². The smallest absolute Gasteiger partial charge is 0.245 e. The monoisotopic (exact) mass is 460 g/mol. The molecule has 1 aromatic carbocycles. The Morgan fingerprint density at radius 1 is 1.30 bits per heavy atom. The van der Waals surface area contributed by atoms with Crippen LogP contribution in [0, 0.1) is 22.7 Å². The summed E-state index contributed by atoms with van der Waals surface area (Å²) in [6.45, 7) is 6.56. The topological polar surface area (TPSA) is 80.5 Å². The highest BCUT2D eigenvalue weighted by Crippen LogP contribution is 2.54. The fourth-order valence-electron chi connectivity index (χ4n) is 6.38. The molecular weight excluding hydrogens is 436 g/mol. The van der Waals surface area contributed by atoms with Crippen LogP contribution in [0.3, 0.4) is 0 Å². The molecule has 3 fully saturated rings. The van der Waals surface area contributed by atoms with E-state index >= 15 is 0 Å². The number of benzene rings is 1. The molecule has 0 unspecified atom stereocenters. The molecule has 3 aliphatic carbocycles. The van der Waals surface area contributed by atoms with Gasteiger partial charge in [0.2, 0.25) is 5.91 Å². The Labute approximate surface area is 198 Å². The Bertz CT molecular complexity index is 1220. The number of rotatable bonds is 3. The number of hydrogen-bond acceptors (Lipinski definition) is 5. The van der Waals surface area contributed by atoms with Crippen molar-refractivity contribution >= 4 is 23.3 Å². The predicted molar refractivity (Wildman–Crippen MR) is 126 cm³/mol. The van der Waals surface area contributed by atoms with E-state index < -0.39 is 0 Å². The lowest BCUT2D eigenvalue weighted by Gasteiger charge is -2.47. The van der Waals surface area contributed by atoms with Gasteiger partial charge in [-0.25, -0.2) is 4.98 Å².